The topological polar surface area (TPSA) is 0 Å². The van der Waals surface area contributed by atoms with Crippen molar-refractivity contribution in [2.45, 2.75) is 83.5 Å². The first kappa shape index (κ1) is 11.1. The van der Waals surface area contributed by atoms with Crippen LogP contribution in [0.1, 0.15) is 83.5 Å². The van der Waals surface area contributed by atoms with E-state index in [9.17, 15) is 0 Å². The Morgan fingerprint density at radius 1 is 0.500 bits per heavy atom. The Labute approximate surface area is 101 Å². The van der Waals surface area contributed by atoms with Gasteiger partial charge in [0.05, 0.1) is 0 Å². The highest BCUT2D eigenvalue weighted by Crippen LogP contribution is 2.57. The highest BCUT2D eigenvalue weighted by atomic mass is 14.5. The number of rotatable bonds is 2. The predicted octanol–water partition coefficient (Wildman–Crippen LogP) is 5.32. The first-order chi connectivity index (χ1) is 7.92. The maximum atomic E-state index is 1.60. The fraction of sp³-hybridized carbons (Fsp3) is 1.00. The zero-order chi connectivity index (χ0) is 10.8. The van der Waals surface area contributed by atoms with Crippen LogP contribution >= 0.6 is 0 Å². The molecular formula is C16H28. The third-order valence-electron chi connectivity index (χ3n) is 6.12. The second-order valence-electron chi connectivity index (χ2n) is 6.76. The molecule has 0 nitrogen and oxygen atoms in total. The lowest BCUT2D eigenvalue weighted by Gasteiger charge is -2.49. The molecule has 0 unspecified atom stereocenters. The molecule has 3 aliphatic carbocycles. The van der Waals surface area contributed by atoms with Gasteiger partial charge in [-0.2, -0.15) is 0 Å². The van der Waals surface area contributed by atoms with Crippen molar-refractivity contribution in [1.29, 1.82) is 0 Å². The van der Waals surface area contributed by atoms with Crippen molar-refractivity contribution >= 4 is 0 Å². The Balaban J connectivity index is 1.79. The molecule has 0 amide bonds. The van der Waals surface area contributed by atoms with Crippen molar-refractivity contribution in [2.24, 2.45) is 17.3 Å². The molecule has 0 aliphatic heterocycles. The smallest absolute Gasteiger partial charge is 0.0241 e. The SMILES string of the molecule is C1CCCC(C2CCCC2)(C2CCC2)CC1. The molecule has 0 aromatic heterocycles. The largest absolute Gasteiger partial charge is 0.0533 e. The summed E-state index contributed by atoms with van der Waals surface area (Å²) in [6.07, 6.45) is 20.3. The summed E-state index contributed by atoms with van der Waals surface area (Å²) < 4.78 is 0. The quantitative estimate of drug-likeness (QED) is 0.553. The van der Waals surface area contributed by atoms with E-state index in [4.69, 9.17) is 0 Å². The fourth-order valence-corrected chi connectivity index (χ4v) is 5.02. The molecule has 3 fully saturated rings. The minimum atomic E-state index is 0.839. The van der Waals surface area contributed by atoms with E-state index < -0.39 is 0 Å². The minimum Gasteiger partial charge on any atom is -0.0533 e. The van der Waals surface area contributed by atoms with E-state index in [2.05, 4.69) is 0 Å². The van der Waals surface area contributed by atoms with Gasteiger partial charge in [0.25, 0.3) is 0 Å². The Hall–Kier alpha value is 0. The summed E-state index contributed by atoms with van der Waals surface area (Å²) in [6, 6.07) is 0. The van der Waals surface area contributed by atoms with Crippen LogP contribution in [-0.2, 0) is 0 Å². The molecule has 0 bridgehead atoms. The molecule has 0 atom stereocenters. The van der Waals surface area contributed by atoms with Crippen LogP contribution in [0, 0.1) is 17.3 Å². The van der Waals surface area contributed by atoms with Crippen molar-refractivity contribution in [3.63, 3.8) is 0 Å². The second-order valence-corrected chi connectivity index (χ2v) is 6.76. The Morgan fingerprint density at radius 3 is 1.44 bits per heavy atom. The van der Waals surface area contributed by atoms with Gasteiger partial charge in [-0.1, -0.05) is 44.9 Å². The molecular weight excluding hydrogens is 192 g/mol. The molecule has 16 heavy (non-hydrogen) atoms. The monoisotopic (exact) mass is 220 g/mol. The lowest BCUT2D eigenvalue weighted by atomic mass is 9.55. The predicted molar refractivity (Wildman–Crippen MR) is 69.4 cm³/mol. The van der Waals surface area contributed by atoms with Gasteiger partial charge in [0, 0.05) is 0 Å². The molecule has 0 radical (unpaired) electrons. The van der Waals surface area contributed by atoms with Crippen LogP contribution in [-0.4, -0.2) is 0 Å². The van der Waals surface area contributed by atoms with Crippen molar-refractivity contribution in [1.82, 2.24) is 0 Å². The first-order valence-corrected chi connectivity index (χ1v) is 7.92. The zero-order valence-corrected chi connectivity index (χ0v) is 10.8. The molecule has 0 saturated heterocycles. The Kier molecular flexibility index (Phi) is 3.27. The van der Waals surface area contributed by atoms with E-state index in [1.165, 1.54) is 12.8 Å². The van der Waals surface area contributed by atoms with Crippen LogP contribution in [0.15, 0.2) is 0 Å². The molecule has 0 N–H and O–H groups in total. The molecule has 0 heteroatoms. The van der Waals surface area contributed by atoms with Crippen LogP contribution in [0.4, 0.5) is 0 Å². The summed E-state index contributed by atoms with van der Waals surface area (Å²) in [7, 11) is 0. The Morgan fingerprint density at radius 2 is 1.00 bits per heavy atom. The summed E-state index contributed by atoms with van der Waals surface area (Å²) in [5.74, 6) is 2.28. The standard InChI is InChI=1S/C16H28/c1-2-6-13-16(12-5-1,15-10-7-11-15)14-8-3-4-9-14/h14-15H,1-13H2. The molecule has 0 heterocycles. The molecule has 0 spiro atoms. The van der Waals surface area contributed by atoms with E-state index in [1.807, 2.05) is 0 Å². The maximum absolute atomic E-state index is 1.60. The van der Waals surface area contributed by atoms with E-state index >= 15 is 0 Å². The normalized spacial score (nSPS) is 32.2. The Bertz CT molecular complexity index is 212. The molecule has 3 saturated carbocycles. The minimum absolute atomic E-state index is 0.839. The summed E-state index contributed by atoms with van der Waals surface area (Å²) in [6.45, 7) is 0. The van der Waals surface area contributed by atoms with Crippen LogP contribution in [0.25, 0.3) is 0 Å². The second kappa shape index (κ2) is 4.70. The molecule has 92 valence electrons. The van der Waals surface area contributed by atoms with Gasteiger partial charge in [-0.3, -0.25) is 0 Å². The van der Waals surface area contributed by atoms with E-state index in [-0.39, 0.29) is 0 Å². The molecule has 3 rings (SSSR count). The van der Waals surface area contributed by atoms with Crippen molar-refractivity contribution in [2.75, 3.05) is 0 Å². The fourth-order valence-electron chi connectivity index (χ4n) is 5.02. The van der Waals surface area contributed by atoms with Crippen LogP contribution in [0.3, 0.4) is 0 Å². The van der Waals surface area contributed by atoms with Crippen molar-refractivity contribution in [3.05, 3.63) is 0 Å². The average molecular weight is 220 g/mol. The molecule has 0 aromatic carbocycles. The van der Waals surface area contributed by atoms with Crippen LogP contribution in [0.5, 0.6) is 0 Å². The average Bonchev–Trinajstić information content (AvgIpc) is 2.64. The van der Waals surface area contributed by atoms with Gasteiger partial charge in [-0.15, -0.1) is 0 Å². The van der Waals surface area contributed by atoms with Crippen LogP contribution < -0.4 is 0 Å². The van der Waals surface area contributed by atoms with Gasteiger partial charge in [0.2, 0.25) is 0 Å². The zero-order valence-electron chi connectivity index (χ0n) is 10.8. The third-order valence-corrected chi connectivity index (χ3v) is 6.12. The highest BCUT2D eigenvalue weighted by Gasteiger charge is 2.47. The lowest BCUT2D eigenvalue weighted by Crippen LogP contribution is -2.40. The summed E-state index contributed by atoms with van der Waals surface area (Å²) in [5, 5.41) is 0. The third kappa shape index (κ3) is 1.83. The van der Waals surface area contributed by atoms with E-state index in [1.54, 1.807) is 70.6 Å². The number of hydrogen-bond donors (Lipinski definition) is 0. The summed E-state index contributed by atoms with van der Waals surface area (Å²) in [4.78, 5) is 0. The maximum Gasteiger partial charge on any atom is -0.0241 e. The van der Waals surface area contributed by atoms with E-state index in [0.717, 1.165) is 17.3 Å². The van der Waals surface area contributed by atoms with Gasteiger partial charge in [0.15, 0.2) is 0 Å². The number of hydrogen-bond acceptors (Lipinski definition) is 0. The van der Waals surface area contributed by atoms with Gasteiger partial charge in [-0.25, -0.2) is 0 Å². The van der Waals surface area contributed by atoms with Gasteiger partial charge < -0.3 is 0 Å². The van der Waals surface area contributed by atoms with Gasteiger partial charge in [-0.05, 0) is 55.8 Å². The van der Waals surface area contributed by atoms with Crippen LogP contribution in [0.2, 0.25) is 0 Å². The van der Waals surface area contributed by atoms with Crippen molar-refractivity contribution in [3.8, 4) is 0 Å². The van der Waals surface area contributed by atoms with Gasteiger partial charge in [0.1, 0.15) is 0 Å². The summed E-state index contributed by atoms with van der Waals surface area (Å²) >= 11 is 0. The first-order valence-electron chi connectivity index (χ1n) is 7.92. The van der Waals surface area contributed by atoms with Gasteiger partial charge >= 0.3 is 0 Å². The van der Waals surface area contributed by atoms with Crippen molar-refractivity contribution < 1.29 is 0 Å². The molecule has 3 aliphatic rings. The highest BCUT2D eigenvalue weighted by molar-refractivity contribution is 4.97. The lowest BCUT2D eigenvalue weighted by molar-refractivity contribution is 0.00473. The van der Waals surface area contributed by atoms with E-state index in [0.29, 0.717) is 0 Å². The summed E-state index contributed by atoms with van der Waals surface area (Å²) in [5.41, 5.74) is 0.839. The molecule has 0 aromatic rings.